The number of benzene rings is 1. The van der Waals surface area contributed by atoms with E-state index in [1.54, 1.807) is 11.3 Å². The largest absolute Gasteiger partial charge is 0.395 e. The van der Waals surface area contributed by atoms with Crippen LogP contribution in [0.25, 0.3) is 0 Å². The van der Waals surface area contributed by atoms with E-state index >= 15 is 0 Å². The van der Waals surface area contributed by atoms with Crippen molar-refractivity contribution in [3.05, 3.63) is 45.2 Å². The van der Waals surface area contributed by atoms with E-state index in [-0.39, 0.29) is 6.61 Å². The van der Waals surface area contributed by atoms with Crippen LogP contribution < -0.4 is 4.80 Å². The molecule has 0 aliphatic carbocycles. The Morgan fingerprint density at radius 3 is 2.72 bits per heavy atom. The quantitative estimate of drug-likeness (QED) is 0.907. The second-order valence-corrected chi connectivity index (χ2v) is 5.27. The molecule has 0 bridgehead atoms. The fourth-order valence-corrected chi connectivity index (χ4v) is 2.83. The van der Waals surface area contributed by atoms with E-state index in [0.29, 0.717) is 6.54 Å². The lowest BCUT2D eigenvalue weighted by molar-refractivity contribution is 0.273. The van der Waals surface area contributed by atoms with E-state index in [1.165, 1.54) is 11.1 Å². The highest BCUT2D eigenvalue weighted by molar-refractivity contribution is 7.07. The molecule has 0 atom stereocenters. The summed E-state index contributed by atoms with van der Waals surface area (Å²) in [6, 6.07) is 6.25. The summed E-state index contributed by atoms with van der Waals surface area (Å²) in [4.78, 5) is 5.63. The minimum absolute atomic E-state index is 0.137. The number of aliphatic hydroxyl groups is 1. The number of aryl methyl sites for hydroxylation is 3. The van der Waals surface area contributed by atoms with Crippen molar-refractivity contribution < 1.29 is 5.11 Å². The molecule has 4 heteroatoms. The molecule has 0 radical (unpaired) electrons. The van der Waals surface area contributed by atoms with Gasteiger partial charge < -0.3 is 9.67 Å². The van der Waals surface area contributed by atoms with E-state index in [2.05, 4.69) is 31.4 Å². The first-order valence-electron chi connectivity index (χ1n) is 5.99. The van der Waals surface area contributed by atoms with Crippen LogP contribution in [0.4, 0.5) is 5.69 Å². The van der Waals surface area contributed by atoms with Crippen molar-refractivity contribution in [1.82, 2.24) is 4.57 Å². The number of thiazole rings is 1. The standard InChI is InChI=1S/C14H18N2OS/c1-10-4-5-13(11(2)8-10)15-14-16(6-7-17)12(3)9-18-14/h4-5,8-9,17H,6-7H2,1-3H3. The summed E-state index contributed by atoms with van der Waals surface area (Å²) in [5.41, 5.74) is 4.56. The van der Waals surface area contributed by atoms with E-state index in [9.17, 15) is 0 Å². The highest BCUT2D eigenvalue weighted by Gasteiger charge is 2.02. The van der Waals surface area contributed by atoms with Gasteiger partial charge in [-0.2, -0.15) is 0 Å². The monoisotopic (exact) mass is 262 g/mol. The lowest BCUT2D eigenvalue weighted by atomic mass is 10.1. The van der Waals surface area contributed by atoms with Gasteiger partial charge in [-0.1, -0.05) is 17.7 Å². The molecule has 18 heavy (non-hydrogen) atoms. The van der Waals surface area contributed by atoms with E-state index in [0.717, 1.165) is 16.2 Å². The second kappa shape index (κ2) is 5.50. The zero-order valence-corrected chi connectivity index (χ0v) is 11.8. The van der Waals surface area contributed by atoms with Gasteiger partial charge in [-0.15, -0.1) is 11.3 Å². The predicted octanol–water partition coefficient (Wildman–Crippen LogP) is 2.70. The molecule has 96 valence electrons. The minimum Gasteiger partial charge on any atom is -0.395 e. The van der Waals surface area contributed by atoms with E-state index in [4.69, 9.17) is 10.1 Å². The molecule has 1 heterocycles. The molecule has 1 aromatic carbocycles. The summed E-state index contributed by atoms with van der Waals surface area (Å²) < 4.78 is 2.05. The molecule has 0 saturated heterocycles. The van der Waals surface area contributed by atoms with Crippen LogP contribution in [0.2, 0.25) is 0 Å². The molecule has 1 N–H and O–H groups in total. The molecule has 0 amide bonds. The Morgan fingerprint density at radius 1 is 1.28 bits per heavy atom. The Balaban J connectivity index is 2.50. The Labute approximate surface area is 111 Å². The van der Waals surface area contributed by atoms with Gasteiger partial charge in [-0.05, 0) is 32.4 Å². The molecule has 3 nitrogen and oxygen atoms in total. The molecular formula is C14H18N2OS. The van der Waals surface area contributed by atoms with Gasteiger partial charge in [0.05, 0.1) is 12.3 Å². The van der Waals surface area contributed by atoms with Crippen molar-refractivity contribution in [2.45, 2.75) is 27.3 Å². The molecule has 1 aromatic heterocycles. The van der Waals surface area contributed by atoms with E-state index in [1.807, 2.05) is 17.6 Å². The SMILES string of the molecule is Cc1ccc(N=c2scc(C)n2CCO)c(C)c1. The van der Waals surface area contributed by atoms with Crippen molar-refractivity contribution in [3.8, 4) is 0 Å². The van der Waals surface area contributed by atoms with Crippen molar-refractivity contribution in [1.29, 1.82) is 0 Å². The summed E-state index contributed by atoms with van der Waals surface area (Å²) >= 11 is 1.61. The third kappa shape index (κ3) is 2.71. The molecule has 2 aromatic rings. The number of rotatable bonds is 3. The fraction of sp³-hybridized carbons (Fsp3) is 0.357. The molecule has 0 saturated carbocycles. The number of aliphatic hydroxyl groups excluding tert-OH is 1. The maximum absolute atomic E-state index is 9.09. The molecule has 0 aliphatic heterocycles. The zero-order valence-electron chi connectivity index (χ0n) is 11.0. The molecule has 2 rings (SSSR count). The average Bonchev–Trinajstić information content (AvgIpc) is 2.66. The smallest absolute Gasteiger partial charge is 0.190 e. The predicted molar refractivity (Wildman–Crippen MR) is 75.3 cm³/mol. The van der Waals surface area contributed by atoms with Crippen molar-refractivity contribution >= 4 is 17.0 Å². The lowest BCUT2D eigenvalue weighted by Crippen LogP contribution is -2.18. The Hall–Kier alpha value is -1.39. The summed E-state index contributed by atoms with van der Waals surface area (Å²) in [5, 5.41) is 11.2. The zero-order chi connectivity index (χ0) is 13.1. The van der Waals surface area contributed by atoms with Crippen LogP contribution in [0, 0.1) is 20.8 Å². The van der Waals surface area contributed by atoms with E-state index < -0.39 is 0 Å². The molecule has 0 unspecified atom stereocenters. The third-order valence-electron chi connectivity index (χ3n) is 2.88. The fourth-order valence-electron chi connectivity index (χ4n) is 1.91. The summed E-state index contributed by atoms with van der Waals surface area (Å²) in [6.45, 7) is 6.92. The van der Waals surface area contributed by atoms with Gasteiger partial charge in [0.2, 0.25) is 0 Å². The summed E-state index contributed by atoms with van der Waals surface area (Å²) in [6.07, 6.45) is 0. The number of nitrogens with zero attached hydrogens (tertiary/aromatic N) is 2. The highest BCUT2D eigenvalue weighted by Crippen LogP contribution is 2.19. The third-order valence-corrected chi connectivity index (χ3v) is 3.87. The van der Waals surface area contributed by atoms with Crippen molar-refractivity contribution in [2.75, 3.05) is 6.61 Å². The summed E-state index contributed by atoms with van der Waals surface area (Å²) in [7, 11) is 0. The minimum atomic E-state index is 0.137. The summed E-state index contributed by atoms with van der Waals surface area (Å²) in [5.74, 6) is 0. The van der Waals surface area contributed by atoms with Crippen molar-refractivity contribution in [3.63, 3.8) is 0 Å². The van der Waals surface area contributed by atoms with Gasteiger partial charge in [0.15, 0.2) is 4.80 Å². The van der Waals surface area contributed by atoms with Crippen LogP contribution in [-0.4, -0.2) is 16.3 Å². The topological polar surface area (TPSA) is 37.5 Å². The van der Waals surface area contributed by atoms with Gasteiger partial charge in [0, 0.05) is 17.6 Å². The lowest BCUT2D eigenvalue weighted by Gasteiger charge is -2.04. The second-order valence-electron chi connectivity index (χ2n) is 4.44. The Bertz CT molecular complexity index is 610. The van der Waals surface area contributed by atoms with Crippen LogP contribution in [0.1, 0.15) is 16.8 Å². The van der Waals surface area contributed by atoms with Gasteiger partial charge >= 0.3 is 0 Å². The van der Waals surface area contributed by atoms with Crippen LogP contribution in [-0.2, 0) is 6.54 Å². The maximum Gasteiger partial charge on any atom is 0.190 e. The first-order chi connectivity index (χ1) is 8.61. The number of hydrogen-bond acceptors (Lipinski definition) is 3. The first kappa shape index (κ1) is 13.1. The maximum atomic E-state index is 9.09. The van der Waals surface area contributed by atoms with Crippen LogP contribution >= 0.6 is 11.3 Å². The number of hydrogen-bond donors (Lipinski definition) is 1. The molecule has 0 spiro atoms. The average molecular weight is 262 g/mol. The van der Waals surface area contributed by atoms with Crippen LogP contribution in [0.15, 0.2) is 28.6 Å². The van der Waals surface area contributed by atoms with Gasteiger partial charge in [-0.25, -0.2) is 4.99 Å². The van der Waals surface area contributed by atoms with Gasteiger partial charge in [0.1, 0.15) is 0 Å². The highest BCUT2D eigenvalue weighted by atomic mass is 32.1. The molecule has 0 aliphatic rings. The number of aromatic nitrogens is 1. The molecular weight excluding hydrogens is 244 g/mol. The van der Waals surface area contributed by atoms with Gasteiger partial charge in [0.25, 0.3) is 0 Å². The van der Waals surface area contributed by atoms with Gasteiger partial charge in [-0.3, -0.25) is 0 Å². The Morgan fingerprint density at radius 2 is 2.06 bits per heavy atom. The van der Waals surface area contributed by atoms with Crippen LogP contribution in [0.3, 0.4) is 0 Å². The van der Waals surface area contributed by atoms with Crippen molar-refractivity contribution in [2.24, 2.45) is 4.99 Å². The normalized spacial score (nSPS) is 12.1. The van der Waals surface area contributed by atoms with Crippen LogP contribution in [0.5, 0.6) is 0 Å². The first-order valence-corrected chi connectivity index (χ1v) is 6.87. The Kier molecular flexibility index (Phi) is 3.99. The molecule has 0 fully saturated rings.